The Morgan fingerprint density at radius 3 is 2.60 bits per heavy atom. The molecular formula is C19H14BrClN2OS. The van der Waals surface area contributed by atoms with E-state index in [0.29, 0.717) is 10.2 Å². The van der Waals surface area contributed by atoms with Crippen molar-refractivity contribution >= 4 is 56.0 Å². The number of thiazole rings is 1. The van der Waals surface area contributed by atoms with Crippen LogP contribution in [-0.4, -0.2) is 10.9 Å². The first-order chi connectivity index (χ1) is 12.1. The highest BCUT2D eigenvalue weighted by molar-refractivity contribution is 9.10. The number of aromatic nitrogens is 1. The van der Waals surface area contributed by atoms with Crippen LogP contribution in [0.3, 0.4) is 0 Å². The highest BCUT2D eigenvalue weighted by Gasteiger charge is 2.05. The van der Waals surface area contributed by atoms with E-state index in [1.807, 2.05) is 24.3 Å². The van der Waals surface area contributed by atoms with Crippen molar-refractivity contribution in [3.05, 3.63) is 86.3 Å². The van der Waals surface area contributed by atoms with Crippen molar-refractivity contribution in [2.75, 3.05) is 5.32 Å². The first-order valence-corrected chi connectivity index (χ1v) is 9.51. The van der Waals surface area contributed by atoms with Crippen LogP contribution < -0.4 is 5.32 Å². The number of carbonyl (C=O) groups is 1. The zero-order valence-electron chi connectivity index (χ0n) is 13.1. The summed E-state index contributed by atoms with van der Waals surface area (Å²) in [6, 6.07) is 15.4. The molecule has 3 nitrogen and oxygen atoms in total. The number of anilines is 1. The Hall–Kier alpha value is -1.95. The lowest BCUT2D eigenvalue weighted by atomic mass is 10.1. The molecule has 0 aliphatic carbocycles. The minimum Gasteiger partial charge on any atom is -0.298 e. The highest BCUT2D eigenvalue weighted by atomic mass is 79.9. The van der Waals surface area contributed by atoms with E-state index < -0.39 is 0 Å². The molecule has 3 aromatic rings. The van der Waals surface area contributed by atoms with Crippen LogP contribution >= 0.6 is 38.9 Å². The first kappa shape index (κ1) is 17.9. The Balaban J connectivity index is 1.57. The molecule has 0 radical (unpaired) electrons. The standard InChI is InChI=1S/C19H14BrClN2OS/c20-15-6-1-14(2-7-15)11-17-12-22-19(25-17)23-18(24)10-5-13-3-8-16(21)9-4-13/h1-10,12H,11H2,(H,22,23,24)/b10-5+. The summed E-state index contributed by atoms with van der Waals surface area (Å²) in [7, 11) is 0. The van der Waals surface area contributed by atoms with Crippen molar-refractivity contribution in [3.63, 3.8) is 0 Å². The molecule has 0 fully saturated rings. The summed E-state index contributed by atoms with van der Waals surface area (Å²) >= 11 is 10.7. The number of carbonyl (C=O) groups excluding carboxylic acids is 1. The van der Waals surface area contributed by atoms with E-state index in [2.05, 4.69) is 38.4 Å². The zero-order chi connectivity index (χ0) is 17.6. The van der Waals surface area contributed by atoms with Crippen molar-refractivity contribution in [2.24, 2.45) is 0 Å². The molecule has 0 bridgehead atoms. The molecule has 1 aromatic heterocycles. The quantitative estimate of drug-likeness (QED) is 0.517. The van der Waals surface area contributed by atoms with Gasteiger partial charge >= 0.3 is 0 Å². The number of hydrogen-bond acceptors (Lipinski definition) is 3. The Kier molecular flexibility index (Phi) is 6.02. The van der Waals surface area contributed by atoms with Crippen LogP contribution in [0.1, 0.15) is 16.0 Å². The predicted octanol–water partition coefficient (Wildman–Crippen LogP) is 5.80. The second-order valence-corrected chi connectivity index (χ2v) is 7.78. The lowest BCUT2D eigenvalue weighted by molar-refractivity contribution is -0.111. The summed E-state index contributed by atoms with van der Waals surface area (Å²) in [5.74, 6) is -0.209. The number of hydrogen-bond donors (Lipinski definition) is 1. The highest BCUT2D eigenvalue weighted by Crippen LogP contribution is 2.22. The molecule has 0 saturated heterocycles. The van der Waals surface area contributed by atoms with Gasteiger partial charge in [0.2, 0.25) is 5.91 Å². The van der Waals surface area contributed by atoms with Crippen molar-refractivity contribution in [2.45, 2.75) is 6.42 Å². The molecule has 126 valence electrons. The third kappa shape index (κ3) is 5.53. The molecule has 2 aromatic carbocycles. The monoisotopic (exact) mass is 432 g/mol. The SMILES string of the molecule is O=C(/C=C/c1ccc(Cl)cc1)Nc1ncc(Cc2ccc(Br)cc2)s1. The average Bonchev–Trinajstić information content (AvgIpc) is 3.03. The molecule has 0 saturated carbocycles. The van der Waals surface area contributed by atoms with Gasteiger partial charge in [0.05, 0.1) is 0 Å². The second kappa shape index (κ2) is 8.43. The Bertz CT molecular complexity index is 889. The molecule has 3 rings (SSSR count). The first-order valence-electron chi connectivity index (χ1n) is 7.52. The molecule has 1 heterocycles. The molecule has 1 N–H and O–H groups in total. The number of nitrogens with one attached hydrogen (secondary N) is 1. The number of rotatable bonds is 5. The van der Waals surface area contributed by atoms with Crippen LogP contribution in [0.25, 0.3) is 6.08 Å². The van der Waals surface area contributed by atoms with Crippen LogP contribution in [0.15, 0.2) is 65.3 Å². The number of amides is 1. The van der Waals surface area contributed by atoms with Gasteiger partial charge in [-0.25, -0.2) is 4.98 Å². The molecule has 0 atom stereocenters. The number of nitrogens with zero attached hydrogens (tertiary/aromatic N) is 1. The number of halogens is 2. The maximum absolute atomic E-state index is 12.0. The van der Waals surface area contributed by atoms with E-state index in [4.69, 9.17) is 11.6 Å². The third-order valence-corrected chi connectivity index (χ3v) is 5.07. The summed E-state index contributed by atoms with van der Waals surface area (Å²) in [6.07, 6.45) is 5.81. The van der Waals surface area contributed by atoms with Crippen molar-refractivity contribution in [3.8, 4) is 0 Å². The van der Waals surface area contributed by atoms with Crippen molar-refractivity contribution in [1.82, 2.24) is 4.98 Å². The summed E-state index contributed by atoms with van der Waals surface area (Å²) < 4.78 is 1.06. The van der Waals surface area contributed by atoms with Crippen molar-refractivity contribution in [1.29, 1.82) is 0 Å². The van der Waals surface area contributed by atoms with Gasteiger partial charge in [0.25, 0.3) is 0 Å². The fraction of sp³-hybridized carbons (Fsp3) is 0.0526. The third-order valence-electron chi connectivity index (χ3n) is 3.37. The van der Waals surface area contributed by atoms with Gasteiger partial charge in [-0.2, -0.15) is 0 Å². The van der Waals surface area contributed by atoms with Crippen LogP contribution in [0.4, 0.5) is 5.13 Å². The lowest BCUT2D eigenvalue weighted by Crippen LogP contribution is -2.07. The molecular weight excluding hydrogens is 420 g/mol. The lowest BCUT2D eigenvalue weighted by Gasteiger charge is -1.98. The normalized spacial score (nSPS) is 11.0. The van der Waals surface area contributed by atoms with E-state index in [-0.39, 0.29) is 5.91 Å². The smallest absolute Gasteiger partial charge is 0.250 e. The molecule has 1 amide bonds. The van der Waals surface area contributed by atoms with Gasteiger partial charge in [0, 0.05) is 33.1 Å². The Labute approximate surface area is 163 Å². The van der Waals surface area contributed by atoms with E-state index >= 15 is 0 Å². The van der Waals surface area contributed by atoms with Gasteiger partial charge < -0.3 is 0 Å². The second-order valence-electron chi connectivity index (χ2n) is 5.31. The van der Waals surface area contributed by atoms with E-state index in [9.17, 15) is 4.79 Å². The van der Waals surface area contributed by atoms with Gasteiger partial charge in [0.15, 0.2) is 5.13 Å². The Morgan fingerprint density at radius 2 is 1.88 bits per heavy atom. The maximum atomic E-state index is 12.0. The molecule has 0 unspecified atom stereocenters. The summed E-state index contributed by atoms with van der Waals surface area (Å²) in [5, 5.41) is 4.05. The van der Waals surface area contributed by atoms with Gasteiger partial charge in [-0.1, -0.05) is 51.8 Å². The molecule has 6 heteroatoms. The van der Waals surface area contributed by atoms with Gasteiger partial charge in [0.1, 0.15) is 0 Å². The zero-order valence-corrected chi connectivity index (χ0v) is 16.2. The van der Waals surface area contributed by atoms with E-state index in [0.717, 1.165) is 21.3 Å². The fourth-order valence-corrected chi connectivity index (χ4v) is 3.38. The van der Waals surface area contributed by atoms with Gasteiger partial charge in [-0.3, -0.25) is 10.1 Å². The van der Waals surface area contributed by atoms with E-state index in [1.54, 1.807) is 24.4 Å². The van der Waals surface area contributed by atoms with Crippen molar-refractivity contribution < 1.29 is 4.79 Å². The largest absolute Gasteiger partial charge is 0.298 e. The van der Waals surface area contributed by atoms with Crippen LogP contribution in [0.2, 0.25) is 5.02 Å². The summed E-state index contributed by atoms with van der Waals surface area (Å²) in [6.45, 7) is 0. The Morgan fingerprint density at radius 1 is 1.16 bits per heavy atom. The van der Waals surface area contributed by atoms with Crippen LogP contribution in [-0.2, 0) is 11.2 Å². The summed E-state index contributed by atoms with van der Waals surface area (Å²) in [4.78, 5) is 17.4. The average molecular weight is 434 g/mol. The van der Waals surface area contributed by atoms with Gasteiger partial charge in [-0.15, -0.1) is 11.3 Å². The minimum absolute atomic E-state index is 0.209. The molecule has 25 heavy (non-hydrogen) atoms. The molecule has 0 aliphatic rings. The van der Waals surface area contributed by atoms with E-state index in [1.165, 1.54) is 23.0 Å². The molecule has 0 spiro atoms. The predicted molar refractivity (Wildman–Crippen MR) is 108 cm³/mol. The van der Waals surface area contributed by atoms with Crippen LogP contribution in [0.5, 0.6) is 0 Å². The topological polar surface area (TPSA) is 42.0 Å². The van der Waals surface area contributed by atoms with Crippen LogP contribution in [0, 0.1) is 0 Å². The minimum atomic E-state index is -0.209. The maximum Gasteiger partial charge on any atom is 0.250 e. The van der Waals surface area contributed by atoms with Gasteiger partial charge in [-0.05, 0) is 41.5 Å². The number of benzene rings is 2. The fourth-order valence-electron chi connectivity index (χ4n) is 2.14. The molecule has 0 aliphatic heterocycles. The summed E-state index contributed by atoms with van der Waals surface area (Å²) in [5.41, 5.74) is 2.11.